The first-order valence-corrected chi connectivity index (χ1v) is 16.3. The molecule has 0 amide bonds. The molecule has 19 heavy (non-hydrogen) atoms. The predicted octanol–water partition coefficient (Wildman–Crippen LogP) is 6.07. The molecule has 1 nitrogen and oxygen atoms in total. The molecule has 1 atom stereocenters. The summed E-state index contributed by atoms with van der Waals surface area (Å²) in [6.07, 6.45) is 15.2. The van der Waals surface area contributed by atoms with Crippen molar-refractivity contribution >= 4 is 18.4 Å². The monoisotopic (exact) mass is 374 g/mol. The molecular weight excluding hydrogens is 339 g/mol. The Hall–Kier alpha value is 0.339. The van der Waals surface area contributed by atoms with Crippen molar-refractivity contribution < 1.29 is 4.74 Å². The molecule has 0 bridgehead atoms. The minimum atomic E-state index is -2.09. The van der Waals surface area contributed by atoms with Gasteiger partial charge in [0, 0.05) is 0 Å². The van der Waals surface area contributed by atoms with Crippen LogP contribution in [0.4, 0.5) is 0 Å². The molecule has 2 heteroatoms. The fourth-order valence-electron chi connectivity index (χ4n) is 3.43. The van der Waals surface area contributed by atoms with E-state index in [4.69, 9.17) is 4.74 Å². The molecule has 1 heterocycles. The normalized spacial score (nSPS) is 19.4. The maximum absolute atomic E-state index is 6.15. The Labute approximate surface area is 125 Å². The summed E-state index contributed by atoms with van der Waals surface area (Å²) in [5.74, 6) is 0. The summed E-state index contributed by atoms with van der Waals surface area (Å²) in [5, 5.41) is 0. The van der Waals surface area contributed by atoms with Crippen molar-refractivity contribution in [1.29, 1.82) is 0 Å². The van der Waals surface area contributed by atoms with Crippen molar-refractivity contribution in [2.24, 2.45) is 0 Å². The Balaban J connectivity index is 2.76. The van der Waals surface area contributed by atoms with Gasteiger partial charge in [-0.1, -0.05) is 0 Å². The van der Waals surface area contributed by atoms with Gasteiger partial charge in [0.25, 0.3) is 0 Å². The molecule has 0 aliphatic carbocycles. The minimum absolute atomic E-state index is 0.684. The van der Waals surface area contributed by atoms with Crippen LogP contribution in [0.2, 0.25) is 13.3 Å². The van der Waals surface area contributed by atoms with Crippen molar-refractivity contribution in [3.8, 4) is 0 Å². The molecule has 1 unspecified atom stereocenters. The van der Waals surface area contributed by atoms with Crippen molar-refractivity contribution in [1.82, 2.24) is 0 Å². The second-order valence-electron chi connectivity index (χ2n) is 6.25. The van der Waals surface area contributed by atoms with Gasteiger partial charge in [-0.05, 0) is 0 Å². The van der Waals surface area contributed by atoms with E-state index < -0.39 is 18.4 Å². The topological polar surface area (TPSA) is 9.23 Å². The van der Waals surface area contributed by atoms with Crippen LogP contribution >= 0.6 is 0 Å². The Morgan fingerprint density at radius 3 is 1.84 bits per heavy atom. The van der Waals surface area contributed by atoms with Crippen LogP contribution in [0.5, 0.6) is 0 Å². The van der Waals surface area contributed by atoms with Crippen LogP contribution in [0.15, 0.2) is 12.3 Å². The fraction of sp³-hybridized carbons (Fsp3) is 0.882. The predicted molar refractivity (Wildman–Crippen MR) is 88.1 cm³/mol. The van der Waals surface area contributed by atoms with Crippen LogP contribution in [0.3, 0.4) is 0 Å². The van der Waals surface area contributed by atoms with Crippen LogP contribution in [-0.4, -0.2) is 22.5 Å². The van der Waals surface area contributed by atoms with E-state index in [9.17, 15) is 0 Å². The first kappa shape index (κ1) is 17.4. The standard InChI is InChI=1S/C5H7O.3C4H9.Sn/c1-2-4-6-5-3-1;3*1-3-4-2;/h2,4-5H,1,3H2;3*1,3-4H2,2H3;. The second kappa shape index (κ2) is 10.1. The number of hydrogen-bond donors (Lipinski definition) is 0. The van der Waals surface area contributed by atoms with Gasteiger partial charge in [-0.3, -0.25) is 0 Å². The van der Waals surface area contributed by atoms with E-state index in [-0.39, 0.29) is 0 Å². The molecule has 0 radical (unpaired) electrons. The molecule has 112 valence electrons. The summed E-state index contributed by atoms with van der Waals surface area (Å²) >= 11 is -2.09. The van der Waals surface area contributed by atoms with Gasteiger partial charge in [-0.2, -0.15) is 0 Å². The average molecular weight is 373 g/mol. The first-order chi connectivity index (χ1) is 9.29. The van der Waals surface area contributed by atoms with E-state index in [2.05, 4.69) is 26.8 Å². The fourth-order valence-corrected chi connectivity index (χ4v) is 20.7. The molecule has 1 rings (SSSR count). The summed E-state index contributed by atoms with van der Waals surface area (Å²) < 4.78 is 11.6. The Bertz CT molecular complexity index is 228. The third kappa shape index (κ3) is 5.69. The van der Waals surface area contributed by atoms with Gasteiger partial charge >= 0.3 is 125 Å². The Morgan fingerprint density at radius 1 is 0.947 bits per heavy atom. The van der Waals surface area contributed by atoms with E-state index in [1.807, 2.05) is 6.26 Å². The zero-order valence-electron chi connectivity index (χ0n) is 13.4. The summed E-state index contributed by atoms with van der Waals surface area (Å²) in [4.78, 5) is 0. The van der Waals surface area contributed by atoms with Gasteiger partial charge in [-0.15, -0.1) is 0 Å². The van der Waals surface area contributed by atoms with Crippen LogP contribution in [0.1, 0.15) is 72.1 Å². The van der Waals surface area contributed by atoms with Crippen molar-refractivity contribution in [3.05, 3.63) is 12.3 Å². The van der Waals surface area contributed by atoms with E-state index in [1.54, 1.807) is 13.3 Å². The van der Waals surface area contributed by atoms with E-state index in [1.165, 1.54) is 51.4 Å². The van der Waals surface area contributed by atoms with Crippen LogP contribution in [0, 0.1) is 0 Å². The molecule has 1 aliphatic heterocycles. The van der Waals surface area contributed by atoms with Crippen LogP contribution in [0.25, 0.3) is 0 Å². The molecule has 0 spiro atoms. The van der Waals surface area contributed by atoms with Gasteiger partial charge in [0.2, 0.25) is 0 Å². The average Bonchev–Trinajstić information content (AvgIpc) is 2.48. The van der Waals surface area contributed by atoms with E-state index in [0.717, 1.165) is 0 Å². The third-order valence-electron chi connectivity index (χ3n) is 4.70. The van der Waals surface area contributed by atoms with Gasteiger partial charge in [0.05, 0.1) is 0 Å². The number of unbranched alkanes of at least 4 members (excludes halogenated alkanes) is 3. The van der Waals surface area contributed by atoms with Crippen molar-refractivity contribution in [3.63, 3.8) is 0 Å². The van der Waals surface area contributed by atoms with Crippen LogP contribution < -0.4 is 0 Å². The number of rotatable bonds is 10. The molecule has 0 saturated carbocycles. The molecule has 0 saturated heterocycles. The third-order valence-corrected chi connectivity index (χ3v) is 21.4. The van der Waals surface area contributed by atoms with Crippen LogP contribution in [-0.2, 0) is 4.74 Å². The zero-order chi connectivity index (χ0) is 14.0. The van der Waals surface area contributed by atoms with E-state index >= 15 is 0 Å². The Kier molecular flexibility index (Phi) is 9.26. The van der Waals surface area contributed by atoms with Gasteiger partial charge in [-0.25, -0.2) is 0 Å². The summed E-state index contributed by atoms with van der Waals surface area (Å²) in [6, 6.07) is 0. The van der Waals surface area contributed by atoms with Crippen molar-refractivity contribution in [2.45, 2.75) is 89.6 Å². The maximum atomic E-state index is 6.15. The summed E-state index contributed by atoms with van der Waals surface area (Å²) in [7, 11) is 0. The van der Waals surface area contributed by atoms with E-state index in [0.29, 0.717) is 4.12 Å². The molecule has 0 aromatic heterocycles. The van der Waals surface area contributed by atoms with Gasteiger partial charge in [0.1, 0.15) is 0 Å². The second-order valence-corrected chi connectivity index (χ2v) is 20.1. The molecule has 0 aromatic carbocycles. The number of ether oxygens (including phenoxy) is 1. The summed E-state index contributed by atoms with van der Waals surface area (Å²) in [5.41, 5.74) is 0. The summed E-state index contributed by atoms with van der Waals surface area (Å²) in [6.45, 7) is 7.04. The molecule has 0 fully saturated rings. The number of allylic oxidation sites excluding steroid dienone is 1. The van der Waals surface area contributed by atoms with Crippen molar-refractivity contribution in [2.75, 3.05) is 0 Å². The quantitative estimate of drug-likeness (QED) is 0.423. The SMILES string of the molecule is CCC[CH2][Sn]([CH2]CCC)([CH2]CCC)[CH]1CCC=CO1. The molecule has 1 aliphatic rings. The first-order valence-electron chi connectivity index (χ1n) is 8.59. The Morgan fingerprint density at radius 2 is 1.47 bits per heavy atom. The molecule has 0 N–H and O–H groups in total. The van der Waals surface area contributed by atoms with Gasteiger partial charge < -0.3 is 0 Å². The molecule has 0 aromatic rings. The molecular formula is C17H34OSn. The zero-order valence-corrected chi connectivity index (χ0v) is 16.3. The number of hydrogen-bond acceptors (Lipinski definition) is 1. The van der Waals surface area contributed by atoms with Gasteiger partial charge in [0.15, 0.2) is 0 Å².